The number of carbonyl (C=O) groups excluding carboxylic acids is 1. The monoisotopic (exact) mass is 250 g/mol. The summed E-state index contributed by atoms with van der Waals surface area (Å²) in [6.45, 7) is 5.51. The average Bonchev–Trinajstić information content (AvgIpc) is 2.34. The third-order valence-corrected chi connectivity index (χ3v) is 3.31. The predicted molar refractivity (Wildman–Crippen MR) is 70.1 cm³/mol. The van der Waals surface area contributed by atoms with Crippen LogP contribution in [0.5, 0.6) is 0 Å². The molecule has 3 nitrogen and oxygen atoms in total. The Morgan fingerprint density at radius 2 is 2.28 bits per heavy atom. The second-order valence-corrected chi connectivity index (χ2v) is 5.11. The fourth-order valence-corrected chi connectivity index (χ4v) is 2.30. The smallest absolute Gasteiger partial charge is 0.321 e. The number of piperidine rings is 1. The molecule has 1 aliphatic heterocycles. The molecule has 1 saturated heterocycles. The van der Waals surface area contributed by atoms with Crippen molar-refractivity contribution >= 4 is 11.7 Å². The van der Waals surface area contributed by atoms with E-state index in [4.69, 9.17) is 0 Å². The normalized spacial score (nSPS) is 19.7. The first kappa shape index (κ1) is 12.9. The van der Waals surface area contributed by atoms with Crippen molar-refractivity contribution in [2.45, 2.75) is 26.7 Å². The molecule has 0 saturated carbocycles. The number of hydrogen-bond acceptors (Lipinski definition) is 1. The minimum Gasteiger partial charge on any atom is -0.324 e. The zero-order chi connectivity index (χ0) is 13.1. The van der Waals surface area contributed by atoms with Crippen LogP contribution >= 0.6 is 0 Å². The molecule has 0 spiro atoms. The van der Waals surface area contributed by atoms with Crippen molar-refractivity contribution in [2.75, 3.05) is 18.4 Å². The lowest BCUT2D eigenvalue weighted by atomic mass is 10.0. The molecule has 1 aliphatic rings. The lowest BCUT2D eigenvalue weighted by Crippen LogP contribution is -2.41. The Morgan fingerprint density at radius 1 is 1.50 bits per heavy atom. The van der Waals surface area contributed by atoms with Crippen LogP contribution in [-0.2, 0) is 0 Å². The first-order valence-corrected chi connectivity index (χ1v) is 6.38. The number of nitrogens with one attached hydrogen (secondary N) is 1. The van der Waals surface area contributed by atoms with Crippen molar-refractivity contribution in [3.8, 4) is 0 Å². The summed E-state index contributed by atoms with van der Waals surface area (Å²) >= 11 is 0. The second kappa shape index (κ2) is 5.38. The third kappa shape index (κ3) is 3.00. The van der Waals surface area contributed by atoms with Crippen LogP contribution in [0, 0.1) is 18.7 Å². The van der Waals surface area contributed by atoms with E-state index in [9.17, 15) is 9.18 Å². The van der Waals surface area contributed by atoms with Gasteiger partial charge in [-0.2, -0.15) is 0 Å². The van der Waals surface area contributed by atoms with Gasteiger partial charge in [0.1, 0.15) is 5.82 Å². The van der Waals surface area contributed by atoms with E-state index in [1.807, 2.05) is 6.92 Å². The maximum absolute atomic E-state index is 13.5. The molecule has 2 rings (SSSR count). The van der Waals surface area contributed by atoms with Crippen LogP contribution in [0.4, 0.5) is 14.9 Å². The van der Waals surface area contributed by atoms with Crippen LogP contribution in [0.25, 0.3) is 0 Å². The third-order valence-electron chi connectivity index (χ3n) is 3.31. The van der Waals surface area contributed by atoms with Crippen LogP contribution < -0.4 is 5.32 Å². The molecule has 18 heavy (non-hydrogen) atoms. The molecule has 2 amide bonds. The maximum atomic E-state index is 13.5. The fraction of sp³-hybridized carbons (Fsp3) is 0.500. The molecule has 0 bridgehead atoms. The lowest BCUT2D eigenvalue weighted by molar-refractivity contribution is 0.182. The minimum absolute atomic E-state index is 0.203. The summed E-state index contributed by atoms with van der Waals surface area (Å²) in [6, 6.07) is 4.52. The number of halogens is 1. The molecule has 1 N–H and O–H groups in total. The van der Waals surface area contributed by atoms with Crippen molar-refractivity contribution in [1.29, 1.82) is 0 Å². The van der Waals surface area contributed by atoms with E-state index >= 15 is 0 Å². The van der Waals surface area contributed by atoms with Crippen LogP contribution in [-0.4, -0.2) is 24.0 Å². The average molecular weight is 250 g/mol. The largest absolute Gasteiger partial charge is 0.324 e. The summed E-state index contributed by atoms with van der Waals surface area (Å²) in [7, 11) is 0. The van der Waals surface area contributed by atoms with Gasteiger partial charge in [-0.15, -0.1) is 0 Å². The number of urea groups is 1. The highest BCUT2D eigenvalue weighted by atomic mass is 19.1. The van der Waals surface area contributed by atoms with E-state index in [0.29, 0.717) is 5.92 Å². The molecule has 4 heteroatoms. The number of anilines is 1. The summed E-state index contributed by atoms with van der Waals surface area (Å²) in [5.41, 5.74) is 1.19. The van der Waals surface area contributed by atoms with Crippen molar-refractivity contribution in [3.05, 3.63) is 29.6 Å². The molecule has 0 aromatic heterocycles. The van der Waals surface area contributed by atoms with E-state index in [0.717, 1.165) is 31.5 Å². The zero-order valence-corrected chi connectivity index (χ0v) is 10.9. The second-order valence-electron chi connectivity index (χ2n) is 5.11. The van der Waals surface area contributed by atoms with E-state index < -0.39 is 0 Å². The molecular formula is C14H19FN2O. The van der Waals surface area contributed by atoms with Gasteiger partial charge in [0.05, 0.1) is 5.69 Å². The Balaban J connectivity index is 2.04. The van der Waals surface area contributed by atoms with E-state index in [1.165, 1.54) is 6.07 Å². The van der Waals surface area contributed by atoms with Crippen molar-refractivity contribution in [3.63, 3.8) is 0 Å². The number of aryl methyl sites for hydroxylation is 1. The van der Waals surface area contributed by atoms with Gasteiger partial charge in [0, 0.05) is 13.1 Å². The lowest BCUT2D eigenvalue weighted by Gasteiger charge is -2.31. The number of rotatable bonds is 1. The number of nitrogens with zero attached hydrogens (tertiary/aromatic N) is 1. The van der Waals surface area contributed by atoms with Gasteiger partial charge < -0.3 is 10.2 Å². The Kier molecular flexibility index (Phi) is 3.84. The number of hydrogen-bond donors (Lipinski definition) is 1. The van der Waals surface area contributed by atoms with Crippen molar-refractivity contribution in [1.82, 2.24) is 4.90 Å². The molecular weight excluding hydrogens is 231 g/mol. The highest BCUT2D eigenvalue weighted by molar-refractivity contribution is 5.89. The number of amides is 2. The summed E-state index contributed by atoms with van der Waals surface area (Å²) in [4.78, 5) is 13.8. The predicted octanol–water partition coefficient (Wildman–Crippen LogP) is 3.40. The first-order valence-electron chi connectivity index (χ1n) is 6.38. The maximum Gasteiger partial charge on any atom is 0.321 e. The van der Waals surface area contributed by atoms with E-state index in [-0.39, 0.29) is 17.5 Å². The SMILES string of the molecule is Cc1ccc(F)c(NC(=O)N2CCCC(C)C2)c1. The zero-order valence-electron chi connectivity index (χ0n) is 10.9. The van der Waals surface area contributed by atoms with Crippen molar-refractivity contribution in [2.24, 2.45) is 5.92 Å². The molecule has 0 radical (unpaired) electrons. The standard InChI is InChI=1S/C14H19FN2O/c1-10-5-6-12(15)13(8-10)16-14(18)17-7-3-4-11(2)9-17/h5-6,8,11H,3-4,7,9H2,1-2H3,(H,16,18). The molecule has 1 fully saturated rings. The number of carbonyl (C=O) groups is 1. The van der Waals surface area contributed by atoms with Gasteiger partial charge in [-0.25, -0.2) is 9.18 Å². The topological polar surface area (TPSA) is 32.3 Å². The molecule has 1 aromatic rings. The van der Waals surface area contributed by atoms with Crippen LogP contribution in [0.2, 0.25) is 0 Å². The molecule has 1 heterocycles. The Labute approximate surface area is 107 Å². The summed E-state index contributed by atoms with van der Waals surface area (Å²) in [5.74, 6) is 0.130. The molecule has 1 aromatic carbocycles. The summed E-state index contributed by atoms with van der Waals surface area (Å²) < 4.78 is 13.5. The van der Waals surface area contributed by atoms with Crippen LogP contribution in [0.3, 0.4) is 0 Å². The van der Waals surface area contributed by atoms with Gasteiger partial charge in [0.2, 0.25) is 0 Å². The van der Waals surface area contributed by atoms with Gasteiger partial charge in [-0.3, -0.25) is 0 Å². The van der Waals surface area contributed by atoms with Crippen LogP contribution in [0.1, 0.15) is 25.3 Å². The number of benzene rings is 1. The highest BCUT2D eigenvalue weighted by Crippen LogP contribution is 2.19. The minimum atomic E-state index is -0.390. The molecule has 1 atom stereocenters. The van der Waals surface area contributed by atoms with Crippen LogP contribution in [0.15, 0.2) is 18.2 Å². The van der Waals surface area contributed by atoms with Gasteiger partial charge in [-0.05, 0) is 43.4 Å². The Hall–Kier alpha value is -1.58. The number of likely N-dealkylation sites (tertiary alicyclic amines) is 1. The molecule has 98 valence electrons. The molecule has 1 unspecified atom stereocenters. The van der Waals surface area contributed by atoms with Gasteiger partial charge in [0.15, 0.2) is 0 Å². The van der Waals surface area contributed by atoms with Gasteiger partial charge in [0.25, 0.3) is 0 Å². The fourth-order valence-electron chi connectivity index (χ4n) is 2.30. The van der Waals surface area contributed by atoms with E-state index in [1.54, 1.807) is 17.0 Å². The molecule has 0 aliphatic carbocycles. The highest BCUT2D eigenvalue weighted by Gasteiger charge is 2.21. The Bertz CT molecular complexity index is 447. The quantitative estimate of drug-likeness (QED) is 0.814. The first-order chi connectivity index (χ1) is 8.56. The van der Waals surface area contributed by atoms with Crippen molar-refractivity contribution < 1.29 is 9.18 Å². The summed E-state index contributed by atoms with van der Waals surface area (Å²) in [5, 5.41) is 2.65. The van der Waals surface area contributed by atoms with E-state index in [2.05, 4.69) is 12.2 Å². The Morgan fingerprint density at radius 3 is 3.00 bits per heavy atom. The van der Waals surface area contributed by atoms with Gasteiger partial charge >= 0.3 is 6.03 Å². The van der Waals surface area contributed by atoms with Gasteiger partial charge in [-0.1, -0.05) is 13.0 Å². The summed E-state index contributed by atoms with van der Waals surface area (Å²) in [6.07, 6.45) is 2.17.